The number of rotatable bonds is 8. The van der Waals surface area contributed by atoms with Crippen molar-refractivity contribution in [2.24, 2.45) is 0 Å². The highest BCUT2D eigenvalue weighted by Crippen LogP contribution is 2.12. The molecule has 1 aromatic carbocycles. The van der Waals surface area contributed by atoms with Crippen LogP contribution >= 0.6 is 0 Å². The molecule has 20 heavy (non-hydrogen) atoms. The molecule has 4 heteroatoms. The lowest BCUT2D eigenvalue weighted by molar-refractivity contribution is -0.131. The number of aryl methyl sites for hydroxylation is 1. The van der Waals surface area contributed by atoms with Crippen LogP contribution < -0.4 is 0 Å². The van der Waals surface area contributed by atoms with Crippen molar-refractivity contribution < 1.29 is 14.7 Å². The van der Waals surface area contributed by atoms with E-state index in [1.807, 2.05) is 11.0 Å². The summed E-state index contributed by atoms with van der Waals surface area (Å²) in [5.74, 6) is -0.832. The van der Waals surface area contributed by atoms with Crippen LogP contribution in [0.1, 0.15) is 49.0 Å². The molecule has 0 saturated heterocycles. The van der Waals surface area contributed by atoms with Crippen molar-refractivity contribution in [1.82, 2.24) is 4.90 Å². The van der Waals surface area contributed by atoms with Gasteiger partial charge in [0.1, 0.15) is 0 Å². The van der Waals surface area contributed by atoms with Gasteiger partial charge in [0.05, 0.1) is 5.56 Å². The van der Waals surface area contributed by atoms with Crippen molar-refractivity contribution in [3.05, 3.63) is 35.4 Å². The van der Waals surface area contributed by atoms with Crippen LogP contribution in [0.2, 0.25) is 0 Å². The molecule has 1 aromatic rings. The maximum absolute atomic E-state index is 12.2. The van der Waals surface area contributed by atoms with E-state index < -0.39 is 5.97 Å². The summed E-state index contributed by atoms with van der Waals surface area (Å²) >= 11 is 0. The Kier molecular flexibility index (Phi) is 6.77. The van der Waals surface area contributed by atoms with E-state index in [-0.39, 0.29) is 11.5 Å². The second-order valence-corrected chi connectivity index (χ2v) is 4.84. The zero-order valence-electron chi connectivity index (χ0n) is 12.3. The lowest BCUT2D eigenvalue weighted by Crippen LogP contribution is -2.32. The van der Waals surface area contributed by atoms with Gasteiger partial charge in [-0.25, -0.2) is 4.79 Å². The average molecular weight is 277 g/mol. The molecule has 0 aliphatic rings. The first kappa shape index (κ1) is 16.2. The lowest BCUT2D eigenvalue weighted by Gasteiger charge is -2.21. The van der Waals surface area contributed by atoms with Crippen LogP contribution in [0.5, 0.6) is 0 Å². The third kappa shape index (κ3) is 4.68. The quantitative estimate of drug-likeness (QED) is 0.794. The molecular weight excluding hydrogens is 254 g/mol. The number of nitrogens with zero attached hydrogens (tertiary/aromatic N) is 1. The first-order chi connectivity index (χ1) is 9.60. The number of carbonyl (C=O) groups excluding carboxylic acids is 1. The van der Waals surface area contributed by atoms with Gasteiger partial charge in [0.25, 0.3) is 0 Å². The number of benzene rings is 1. The minimum atomic E-state index is -0.938. The smallest absolute Gasteiger partial charge is 0.335 e. The molecule has 0 unspecified atom stereocenters. The largest absolute Gasteiger partial charge is 0.478 e. The zero-order valence-corrected chi connectivity index (χ0v) is 12.3. The maximum atomic E-state index is 12.2. The molecule has 0 spiro atoms. The Morgan fingerprint density at radius 1 is 1.10 bits per heavy atom. The molecule has 110 valence electrons. The number of carboxylic acid groups (broad SMARTS) is 1. The molecule has 1 N–H and O–H groups in total. The van der Waals surface area contributed by atoms with Crippen molar-refractivity contribution in [1.29, 1.82) is 0 Å². The van der Waals surface area contributed by atoms with E-state index in [2.05, 4.69) is 13.8 Å². The molecule has 4 nitrogen and oxygen atoms in total. The molecule has 1 rings (SSSR count). The van der Waals surface area contributed by atoms with Crippen LogP contribution in [0.25, 0.3) is 0 Å². The number of carboxylic acids is 1. The molecule has 0 radical (unpaired) electrons. The fourth-order valence-electron chi connectivity index (χ4n) is 2.25. The Balaban J connectivity index is 2.66. The first-order valence-electron chi connectivity index (χ1n) is 7.19. The molecule has 1 amide bonds. The molecule has 0 saturated carbocycles. The van der Waals surface area contributed by atoms with Crippen molar-refractivity contribution in [2.45, 2.75) is 39.5 Å². The van der Waals surface area contributed by atoms with Gasteiger partial charge in [-0.3, -0.25) is 4.79 Å². The van der Waals surface area contributed by atoms with E-state index in [4.69, 9.17) is 5.11 Å². The molecule has 0 atom stereocenters. The minimum absolute atomic E-state index is 0.105. The molecule has 0 aliphatic heterocycles. The second-order valence-electron chi connectivity index (χ2n) is 4.84. The minimum Gasteiger partial charge on any atom is -0.478 e. The van der Waals surface area contributed by atoms with E-state index in [9.17, 15) is 9.59 Å². The fraction of sp³-hybridized carbons (Fsp3) is 0.500. The summed E-state index contributed by atoms with van der Waals surface area (Å²) in [4.78, 5) is 25.1. The summed E-state index contributed by atoms with van der Waals surface area (Å²) in [6, 6.07) is 6.87. The number of hydrogen-bond acceptors (Lipinski definition) is 2. The van der Waals surface area contributed by atoms with Crippen molar-refractivity contribution in [2.75, 3.05) is 13.1 Å². The van der Waals surface area contributed by atoms with Crippen LogP contribution in [0, 0.1) is 0 Å². The topological polar surface area (TPSA) is 57.6 Å². The fourth-order valence-corrected chi connectivity index (χ4v) is 2.25. The summed E-state index contributed by atoms with van der Waals surface area (Å²) in [6.45, 7) is 5.64. The van der Waals surface area contributed by atoms with Gasteiger partial charge in [-0.2, -0.15) is 0 Å². The first-order valence-corrected chi connectivity index (χ1v) is 7.19. The summed E-state index contributed by atoms with van der Waals surface area (Å²) in [5.41, 5.74) is 1.01. The number of aromatic carboxylic acids is 1. The predicted molar refractivity (Wildman–Crippen MR) is 78.9 cm³/mol. The standard InChI is InChI=1S/C16H23NO3/c1-3-11-17(12-4-2)15(18)10-9-13-7-5-6-8-14(13)16(19)20/h5-8H,3-4,9-12H2,1-2H3,(H,19,20). The van der Waals surface area contributed by atoms with Gasteiger partial charge in [-0.15, -0.1) is 0 Å². The summed E-state index contributed by atoms with van der Waals surface area (Å²) in [7, 11) is 0. The van der Waals surface area contributed by atoms with E-state index in [1.54, 1.807) is 18.2 Å². The van der Waals surface area contributed by atoms with E-state index in [0.717, 1.165) is 31.5 Å². The van der Waals surface area contributed by atoms with Crippen LogP contribution in [0.15, 0.2) is 24.3 Å². The third-order valence-electron chi connectivity index (χ3n) is 3.20. The van der Waals surface area contributed by atoms with Crippen molar-refractivity contribution in [3.63, 3.8) is 0 Å². The molecule has 0 fully saturated rings. The van der Waals surface area contributed by atoms with Crippen LogP contribution in [-0.2, 0) is 11.2 Å². The van der Waals surface area contributed by atoms with Gasteiger partial charge in [0, 0.05) is 19.5 Å². The van der Waals surface area contributed by atoms with E-state index in [0.29, 0.717) is 12.8 Å². The van der Waals surface area contributed by atoms with E-state index >= 15 is 0 Å². The summed E-state index contributed by atoms with van der Waals surface area (Å²) in [6.07, 6.45) is 2.73. The molecule has 0 aliphatic carbocycles. The van der Waals surface area contributed by atoms with Gasteiger partial charge in [-0.05, 0) is 30.9 Å². The molecular formula is C16H23NO3. The Morgan fingerprint density at radius 2 is 1.70 bits per heavy atom. The Labute approximate surface area is 120 Å². The van der Waals surface area contributed by atoms with Gasteiger partial charge >= 0.3 is 5.97 Å². The van der Waals surface area contributed by atoms with Gasteiger partial charge in [-0.1, -0.05) is 32.0 Å². The number of carbonyl (C=O) groups is 2. The monoisotopic (exact) mass is 277 g/mol. The summed E-state index contributed by atoms with van der Waals surface area (Å²) in [5, 5.41) is 9.11. The Bertz CT molecular complexity index is 451. The van der Waals surface area contributed by atoms with Gasteiger partial charge in [0.2, 0.25) is 5.91 Å². The van der Waals surface area contributed by atoms with Crippen LogP contribution in [0.3, 0.4) is 0 Å². The number of amides is 1. The van der Waals surface area contributed by atoms with Crippen LogP contribution in [-0.4, -0.2) is 35.0 Å². The van der Waals surface area contributed by atoms with E-state index in [1.165, 1.54) is 0 Å². The highest BCUT2D eigenvalue weighted by molar-refractivity contribution is 5.89. The molecule has 0 bridgehead atoms. The van der Waals surface area contributed by atoms with Crippen molar-refractivity contribution >= 4 is 11.9 Å². The third-order valence-corrected chi connectivity index (χ3v) is 3.20. The Morgan fingerprint density at radius 3 is 2.25 bits per heavy atom. The molecule has 0 aromatic heterocycles. The zero-order chi connectivity index (χ0) is 15.0. The van der Waals surface area contributed by atoms with Gasteiger partial charge in [0.15, 0.2) is 0 Å². The molecule has 0 heterocycles. The SMILES string of the molecule is CCCN(CCC)C(=O)CCc1ccccc1C(=O)O. The maximum Gasteiger partial charge on any atom is 0.335 e. The van der Waals surface area contributed by atoms with Crippen molar-refractivity contribution in [3.8, 4) is 0 Å². The highest BCUT2D eigenvalue weighted by atomic mass is 16.4. The number of hydrogen-bond donors (Lipinski definition) is 1. The predicted octanol–water partition coefficient (Wildman–Crippen LogP) is 2.97. The summed E-state index contributed by atoms with van der Waals surface area (Å²) < 4.78 is 0. The second kappa shape index (κ2) is 8.35. The average Bonchev–Trinajstić information content (AvgIpc) is 2.44. The van der Waals surface area contributed by atoms with Gasteiger partial charge < -0.3 is 10.0 Å². The lowest BCUT2D eigenvalue weighted by atomic mass is 10.0. The highest BCUT2D eigenvalue weighted by Gasteiger charge is 2.14. The van der Waals surface area contributed by atoms with Crippen LogP contribution in [0.4, 0.5) is 0 Å². The normalized spacial score (nSPS) is 10.3. The Hall–Kier alpha value is -1.84.